The number of hydrogen-bond donors (Lipinski definition) is 2. The van der Waals surface area contributed by atoms with Crippen molar-refractivity contribution in [1.82, 2.24) is 20.5 Å². The van der Waals surface area contributed by atoms with Gasteiger partial charge < -0.3 is 5.32 Å². The van der Waals surface area contributed by atoms with E-state index in [4.69, 9.17) is 0 Å². The molecule has 0 spiro atoms. The first-order valence-electron chi connectivity index (χ1n) is 4.51. The first-order valence-corrected chi connectivity index (χ1v) is 4.51. The van der Waals surface area contributed by atoms with E-state index in [9.17, 15) is 0 Å². The minimum absolute atomic E-state index is 0.489. The molecule has 1 unspecified atom stereocenters. The standard InChI is InChI=1S/C9H16N4/c1-3-4-5-8(2)10-6-9-11-7-12-13-9/h3,7-8,10H,1,4-6H2,2H3,(H,11,12,13). The van der Waals surface area contributed by atoms with Gasteiger partial charge in [-0.1, -0.05) is 6.08 Å². The summed E-state index contributed by atoms with van der Waals surface area (Å²) >= 11 is 0. The van der Waals surface area contributed by atoms with Crippen LogP contribution in [0.5, 0.6) is 0 Å². The van der Waals surface area contributed by atoms with Gasteiger partial charge in [0.25, 0.3) is 0 Å². The molecule has 0 radical (unpaired) electrons. The molecule has 1 heterocycles. The molecule has 1 aromatic heterocycles. The molecule has 1 rings (SSSR count). The highest BCUT2D eigenvalue weighted by atomic mass is 15.2. The molecule has 0 amide bonds. The second-order valence-electron chi connectivity index (χ2n) is 3.08. The zero-order valence-corrected chi connectivity index (χ0v) is 7.95. The topological polar surface area (TPSA) is 53.6 Å². The van der Waals surface area contributed by atoms with Crippen LogP contribution in [0.25, 0.3) is 0 Å². The van der Waals surface area contributed by atoms with Gasteiger partial charge in [0.2, 0.25) is 0 Å². The van der Waals surface area contributed by atoms with E-state index in [2.05, 4.69) is 34.0 Å². The van der Waals surface area contributed by atoms with Crippen LogP contribution < -0.4 is 5.32 Å². The zero-order valence-electron chi connectivity index (χ0n) is 7.95. The number of H-pyrrole nitrogens is 1. The summed E-state index contributed by atoms with van der Waals surface area (Å²) < 4.78 is 0. The van der Waals surface area contributed by atoms with Crippen molar-refractivity contribution in [1.29, 1.82) is 0 Å². The molecular weight excluding hydrogens is 164 g/mol. The number of allylic oxidation sites excluding steroid dienone is 1. The third-order valence-corrected chi connectivity index (χ3v) is 1.89. The summed E-state index contributed by atoms with van der Waals surface area (Å²) in [5, 5.41) is 9.91. The molecule has 0 aliphatic heterocycles. The summed E-state index contributed by atoms with van der Waals surface area (Å²) in [5.41, 5.74) is 0. The van der Waals surface area contributed by atoms with Crippen molar-refractivity contribution in [3.63, 3.8) is 0 Å². The van der Waals surface area contributed by atoms with Crippen LogP contribution in [-0.2, 0) is 6.54 Å². The summed E-state index contributed by atoms with van der Waals surface area (Å²) in [6.07, 6.45) is 5.61. The molecule has 0 saturated heterocycles. The molecule has 0 saturated carbocycles. The smallest absolute Gasteiger partial charge is 0.138 e. The fourth-order valence-electron chi connectivity index (χ4n) is 1.06. The Hall–Kier alpha value is -1.16. The fourth-order valence-corrected chi connectivity index (χ4v) is 1.06. The predicted molar refractivity (Wildman–Crippen MR) is 52.1 cm³/mol. The molecule has 1 atom stereocenters. The lowest BCUT2D eigenvalue weighted by Crippen LogP contribution is -2.25. The van der Waals surface area contributed by atoms with Crippen molar-refractivity contribution < 1.29 is 0 Å². The molecule has 4 nitrogen and oxygen atoms in total. The average Bonchev–Trinajstić information content (AvgIpc) is 2.64. The zero-order chi connectivity index (χ0) is 9.52. The van der Waals surface area contributed by atoms with Crippen LogP contribution in [0.2, 0.25) is 0 Å². The number of nitrogens with zero attached hydrogens (tertiary/aromatic N) is 2. The largest absolute Gasteiger partial charge is 0.307 e. The van der Waals surface area contributed by atoms with Crippen molar-refractivity contribution in [2.24, 2.45) is 0 Å². The van der Waals surface area contributed by atoms with Crippen LogP contribution in [0, 0.1) is 0 Å². The highest BCUT2D eigenvalue weighted by molar-refractivity contribution is 4.80. The Morgan fingerprint density at radius 3 is 3.23 bits per heavy atom. The summed E-state index contributed by atoms with van der Waals surface area (Å²) in [6.45, 7) is 6.59. The lowest BCUT2D eigenvalue weighted by atomic mass is 10.2. The lowest BCUT2D eigenvalue weighted by Gasteiger charge is -2.10. The van der Waals surface area contributed by atoms with Crippen LogP contribution >= 0.6 is 0 Å². The summed E-state index contributed by atoms with van der Waals surface area (Å²) in [4.78, 5) is 4.02. The molecule has 2 N–H and O–H groups in total. The summed E-state index contributed by atoms with van der Waals surface area (Å²) in [7, 11) is 0. The minimum atomic E-state index is 0.489. The van der Waals surface area contributed by atoms with Gasteiger partial charge in [-0.25, -0.2) is 4.98 Å². The van der Waals surface area contributed by atoms with Gasteiger partial charge in [0.05, 0.1) is 6.54 Å². The van der Waals surface area contributed by atoms with Crippen LogP contribution in [0.15, 0.2) is 19.0 Å². The van der Waals surface area contributed by atoms with E-state index in [-0.39, 0.29) is 0 Å². The van der Waals surface area contributed by atoms with E-state index in [1.54, 1.807) is 0 Å². The molecule has 13 heavy (non-hydrogen) atoms. The Balaban J connectivity index is 2.15. The van der Waals surface area contributed by atoms with E-state index >= 15 is 0 Å². The highest BCUT2D eigenvalue weighted by Gasteiger charge is 2.00. The molecular formula is C9H16N4. The molecule has 0 bridgehead atoms. The van der Waals surface area contributed by atoms with Gasteiger partial charge >= 0.3 is 0 Å². The molecule has 1 aromatic rings. The van der Waals surface area contributed by atoms with Gasteiger partial charge in [-0.05, 0) is 19.8 Å². The Kier molecular flexibility index (Phi) is 4.18. The van der Waals surface area contributed by atoms with Crippen molar-refractivity contribution >= 4 is 0 Å². The average molecular weight is 180 g/mol. The maximum Gasteiger partial charge on any atom is 0.138 e. The van der Waals surface area contributed by atoms with Crippen molar-refractivity contribution in [3.05, 3.63) is 24.8 Å². The number of rotatable bonds is 6. The van der Waals surface area contributed by atoms with E-state index < -0.39 is 0 Å². The lowest BCUT2D eigenvalue weighted by molar-refractivity contribution is 0.509. The Labute approximate surface area is 78.5 Å². The monoisotopic (exact) mass is 180 g/mol. The van der Waals surface area contributed by atoms with Gasteiger partial charge in [-0.15, -0.1) is 6.58 Å². The molecule has 0 aliphatic carbocycles. The van der Waals surface area contributed by atoms with Gasteiger partial charge in [0.15, 0.2) is 0 Å². The minimum Gasteiger partial charge on any atom is -0.307 e. The predicted octanol–water partition coefficient (Wildman–Crippen LogP) is 1.25. The maximum atomic E-state index is 4.02. The first-order chi connectivity index (χ1) is 6.33. The van der Waals surface area contributed by atoms with Crippen LogP contribution in [0.4, 0.5) is 0 Å². The normalized spacial score (nSPS) is 12.7. The summed E-state index contributed by atoms with van der Waals surface area (Å²) in [5.74, 6) is 0.880. The van der Waals surface area contributed by atoms with E-state index in [1.807, 2.05) is 6.08 Å². The van der Waals surface area contributed by atoms with Crippen LogP contribution in [0.3, 0.4) is 0 Å². The SMILES string of the molecule is C=CCCC(C)NCc1ncn[nH]1. The molecule has 72 valence electrons. The van der Waals surface area contributed by atoms with E-state index in [1.165, 1.54) is 6.33 Å². The van der Waals surface area contributed by atoms with E-state index in [0.29, 0.717) is 6.04 Å². The number of aromatic nitrogens is 3. The Bertz CT molecular complexity index is 230. The summed E-state index contributed by atoms with van der Waals surface area (Å²) in [6, 6.07) is 0.489. The molecule has 0 fully saturated rings. The first kappa shape index (κ1) is 9.92. The number of aromatic amines is 1. The van der Waals surface area contributed by atoms with Crippen LogP contribution in [0.1, 0.15) is 25.6 Å². The van der Waals surface area contributed by atoms with Crippen molar-refractivity contribution in [2.75, 3.05) is 0 Å². The third kappa shape index (κ3) is 3.85. The number of hydrogen-bond acceptors (Lipinski definition) is 3. The van der Waals surface area contributed by atoms with Gasteiger partial charge in [-0.3, -0.25) is 5.10 Å². The molecule has 4 heteroatoms. The second kappa shape index (κ2) is 5.48. The number of nitrogens with one attached hydrogen (secondary N) is 2. The van der Waals surface area contributed by atoms with Crippen molar-refractivity contribution in [2.45, 2.75) is 32.4 Å². The highest BCUT2D eigenvalue weighted by Crippen LogP contribution is 1.97. The van der Waals surface area contributed by atoms with Crippen molar-refractivity contribution in [3.8, 4) is 0 Å². The molecule has 0 aliphatic rings. The maximum absolute atomic E-state index is 4.02. The molecule has 0 aromatic carbocycles. The van der Waals surface area contributed by atoms with Crippen LogP contribution in [-0.4, -0.2) is 21.2 Å². The Morgan fingerprint density at radius 2 is 2.62 bits per heavy atom. The Morgan fingerprint density at radius 1 is 1.77 bits per heavy atom. The van der Waals surface area contributed by atoms with Gasteiger partial charge in [-0.2, -0.15) is 5.10 Å². The van der Waals surface area contributed by atoms with Gasteiger partial charge in [0.1, 0.15) is 12.2 Å². The van der Waals surface area contributed by atoms with E-state index in [0.717, 1.165) is 25.2 Å². The second-order valence-corrected chi connectivity index (χ2v) is 3.08. The fraction of sp³-hybridized carbons (Fsp3) is 0.556. The third-order valence-electron chi connectivity index (χ3n) is 1.89. The van der Waals surface area contributed by atoms with Gasteiger partial charge in [0, 0.05) is 6.04 Å². The quantitative estimate of drug-likeness (QED) is 0.648.